The van der Waals surface area contributed by atoms with Gasteiger partial charge in [-0.15, -0.1) is 0 Å². The maximum absolute atomic E-state index is 13.6. The van der Waals surface area contributed by atoms with E-state index in [1.54, 1.807) is 29.3 Å². The number of carbonyl (C=O) groups is 2. The van der Waals surface area contributed by atoms with E-state index in [-0.39, 0.29) is 49.4 Å². The van der Waals surface area contributed by atoms with E-state index >= 15 is 0 Å². The van der Waals surface area contributed by atoms with Crippen molar-refractivity contribution in [2.75, 3.05) is 6.54 Å². The Kier molecular flexibility index (Phi) is 6.21. The van der Waals surface area contributed by atoms with E-state index in [2.05, 4.69) is 10.1 Å². The molecule has 0 unspecified atom stereocenters. The van der Waals surface area contributed by atoms with Gasteiger partial charge in [0.05, 0.1) is 30.4 Å². The molecule has 0 aromatic carbocycles. The van der Waals surface area contributed by atoms with Crippen molar-refractivity contribution in [3.8, 4) is 0 Å². The van der Waals surface area contributed by atoms with Gasteiger partial charge in [0.1, 0.15) is 0 Å². The molecule has 0 atom stereocenters. The van der Waals surface area contributed by atoms with Crippen LogP contribution in [0.25, 0.3) is 0 Å². The Hall–Kier alpha value is -2.91. The van der Waals surface area contributed by atoms with Crippen molar-refractivity contribution in [3.63, 3.8) is 0 Å². The molecule has 4 rings (SSSR count). The van der Waals surface area contributed by atoms with Crippen LogP contribution >= 0.6 is 0 Å². The molecule has 1 aliphatic heterocycles. The van der Waals surface area contributed by atoms with Crippen LogP contribution in [0.15, 0.2) is 24.4 Å². The standard InChI is InChI=1S/C22H25F3N4O3/c23-22(24,25)20-17-8-10-28(19(30)11-14-4-6-15(7-5-14)21(31)32)13-18(17)29(27-20)12-16-3-1-2-9-26-16/h1-3,9,14-15H,4-8,10-13H2,(H,31,32). The predicted molar refractivity (Wildman–Crippen MR) is 107 cm³/mol. The van der Waals surface area contributed by atoms with Crippen molar-refractivity contribution < 1.29 is 27.9 Å². The molecule has 3 heterocycles. The number of hydrogen-bond acceptors (Lipinski definition) is 4. The number of amides is 1. The molecule has 0 spiro atoms. The van der Waals surface area contributed by atoms with E-state index < -0.39 is 17.8 Å². The molecule has 10 heteroatoms. The lowest BCUT2D eigenvalue weighted by molar-refractivity contribution is -0.143. The number of pyridine rings is 1. The van der Waals surface area contributed by atoms with Gasteiger partial charge in [-0.3, -0.25) is 19.3 Å². The number of fused-ring (bicyclic) bond motifs is 1. The molecular weight excluding hydrogens is 425 g/mol. The molecule has 0 bridgehead atoms. The van der Waals surface area contributed by atoms with Crippen LogP contribution in [0.3, 0.4) is 0 Å². The van der Waals surface area contributed by atoms with Crippen LogP contribution in [0, 0.1) is 11.8 Å². The van der Waals surface area contributed by atoms with Crippen molar-refractivity contribution in [1.29, 1.82) is 0 Å². The molecule has 1 N–H and O–H groups in total. The fraction of sp³-hybridized carbons (Fsp3) is 0.545. The van der Waals surface area contributed by atoms with Gasteiger partial charge in [-0.05, 0) is 50.2 Å². The third-order valence-electron chi connectivity index (χ3n) is 6.46. The molecule has 32 heavy (non-hydrogen) atoms. The molecule has 172 valence electrons. The zero-order valence-corrected chi connectivity index (χ0v) is 17.5. The second-order valence-electron chi connectivity index (χ2n) is 8.58. The summed E-state index contributed by atoms with van der Waals surface area (Å²) in [6, 6.07) is 5.21. The maximum Gasteiger partial charge on any atom is 0.435 e. The zero-order chi connectivity index (χ0) is 22.9. The summed E-state index contributed by atoms with van der Waals surface area (Å²) in [7, 11) is 0. The number of carbonyl (C=O) groups excluding carboxylic acids is 1. The Bertz CT molecular complexity index is 982. The Morgan fingerprint density at radius 2 is 1.91 bits per heavy atom. The summed E-state index contributed by atoms with van der Waals surface area (Å²) in [6.45, 7) is 0.393. The number of aromatic nitrogens is 3. The first kappa shape index (κ1) is 22.3. The number of carboxylic acids is 1. The van der Waals surface area contributed by atoms with Crippen LogP contribution in [0.1, 0.15) is 54.7 Å². The van der Waals surface area contributed by atoms with E-state index in [9.17, 15) is 22.8 Å². The molecule has 0 radical (unpaired) electrons. The van der Waals surface area contributed by atoms with Gasteiger partial charge < -0.3 is 10.0 Å². The lowest BCUT2D eigenvalue weighted by Gasteiger charge is -2.31. The highest BCUT2D eigenvalue weighted by atomic mass is 19.4. The first-order valence-electron chi connectivity index (χ1n) is 10.8. The number of alkyl halides is 3. The molecule has 1 aliphatic carbocycles. The average Bonchev–Trinajstić information content (AvgIpc) is 3.13. The van der Waals surface area contributed by atoms with Gasteiger partial charge >= 0.3 is 12.1 Å². The minimum Gasteiger partial charge on any atom is -0.481 e. The summed E-state index contributed by atoms with van der Waals surface area (Å²) in [4.78, 5) is 29.8. The number of aliphatic carboxylic acids is 1. The van der Waals surface area contributed by atoms with Crippen LogP contribution in [0.2, 0.25) is 0 Å². The number of hydrogen-bond donors (Lipinski definition) is 1. The van der Waals surface area contributed by atoms with Crippen molar-refractivity contribution >= 4 is 11.9 Å². The lowest BCUT2D eigenvalue weighted by atomic mass is 9.80. The smallest absolute Gasteiger partial charge is 0.435 e. The fourth-order valence-electron chi connectivity index (χ4n) is 4.69. The molecular formula is C22H25F3N4O3. The van der Waals surface area contributed by atoms with Crippen LogP contribution in [0.5, 0.6) is 0 Å². The predicted octanol–water partition coefficient (Wildman–Crippen LogP) is 3.51. The van der Waals surface area contributed by atoms with Crippen LogP contribution in [-0.4, -0.2) is 43.2 Å². The first-order chi connectivity index (χ1) is 15.2. The maximum atomic E-state index is 13.6. The molecule has 2 aliphatic rings. The fourth-order valence-corrected chi connectivity index (χ4v) is 4.69. The monoisotopic (exact) mass is 450 g/mol. The van der Waals surface area contributed by atoms with Gasteiger partial charge in [0.25, 0.3) is 0 Å². The molecule has 2 aromatic heterocycles. The Morgan fingerprint density at radius 3 is 2.53 bits per heavy atom. The quantitative estimate of drug-likeness (QED) is 0.753. The largest absolute Gasteiger partial charge is 0.481 e. The summed E-state index contributed by atoms with van der Waals surface area (Å²) in [5, 5.41) is 13.0. The molecule has 7 nitrogen and oxygen atoms in total. The molecule has 1 saturated carbocycles. The third-order valence-corrected chi connectivity index (χ3v) is 6.46. The molecule has 1 fully saturated rings. The Labute approximate surface area is 183 Å². The van der Waals surface area contributed by atoms with Gasteiger partial charge in [-0.2, -0.15) is 18.3 Å². The minimum absolute atomic E-state index is 0.0779. The third kappa shape index (κ3) is 4.78. The highest BCUT2D eigenvalue weighted by molar-refractivity contribution is 5.77. The normalized spacial score (nSPS) is 21.3. The van der Waals surface area contributed by atoms with Crippen LogP contribution < -0.4 is 0 Å². The number of nitrogens with zero attached hydrogens (tertiary/aromatic N) is 4. The minimum atomic E-state index is -4.56. The number of rotatable bonds is 5. The first-order valence-corrected chi connectivity index (χ1v) is 10.8. The topological polar surface area (TPSA) is 88.3 Å². The second-order valence-corrected chi connectivity index (χ2v) is 8.58. The van der Waals surface area contributed by atoms with Gasteiger partial charge in [0.2, 0.25) is 5.91 Å². The van der Waals surface area contributed by atoms with Crippen LogP contribution in [-0.2, 0) is 35.3 Å². The summed E-state index contributed by atoms with van der Waals surface area (Å²) >= 11 is 0. The van der Waals surface area contributed by atoms with Crippen molar-refractivity contribution in [3.05, 3.63) is 47.0 Å². The van der Waals surface area contributed by atoms with Gasteiger partial charge in [0, 0.05) is 24.7 Å². The average molecular weight is 450 g/mol. The summed E-state index contributed by atoms with van der Waals surface area (Å²) < 4.78 is 42.0. The molecule has 2 aromatic rings. The summed E-state index contributed by atoms with van der Waals surface area (Å²) in [6.07, 6.45) is -0.118. The number of halogens is 3. The Balaban J connectivity index is 1.49. The molecule has 1 amide bonds. The molecule has 0 saturated heterocycles. The second kappa shape index (κ2) is 8.91. The summed E-state index contributed by atoms with van der Waals surface area (Å²) in [5.74, 6) is -1.13. The van der Waals surface area contributed by atoms with Crippen LogP contribution in [0.4, 0.5) is 13.2 Å². The van der Waals surface area contributed by atoms with E-state index in [4.69, 9.17) is 5.11 Å². The highest BCUT2D eigenvalue weighted by Gasteiger charge is 2.41. The van der Waals surface area contributed by atoms with Gasteiger partial charge in [-0.25, -0.2) is 0 Å². The van der Waals surface area contributed by atoms with E-state index in [1.807, 2.05) is 0 Å². The SMILES string of the molecule is O=C(O)C1CCC(CC(=O)N2CCc3c(C(F)(F)F)nn(Cc4ccccn4)c3C2)CC1. The van der Waals surface area contributed by atoms with Crippen molar-refractivity contribution in [1.82, 2.24) is 19.7 Å². The number of carboxylic acid groups (broad SMARTS) is 1. The lowest BCUT2D eigenvalue weighted by Crippen LogP contribution is -2.38. The van der Waals surface area contributed by atoms with E-state index in [1.165, 1.54) is 4.68 Å². The Morgan fingerprint density at radius 1 is 1.16 bits per heavy atom. The van der Waals surface area contributed by atoms with Gasteiger partial charge in [0.15, 0.2) is 5.69 Å². The van der Waals surface area contributed by atoms with Crippen molar-refractivity contribution in [2.45, 2.75) is 57.8 Å². The van der Waals surface area contributed by atoms with E-state index in [0.717, 1.165) is 0 Å². The zero-order valence-electron chi connectivity index (χ0n) is 17.5. The van der Waals surface area contributed by atoms with E-state index in [0.29, 0.717) is 43.5 Å². The van der Waals surface area contributed by atoms with Gasteiger partial charge in [-0.1, -0.05) is 6.07 Å². The summed E-state index contributed by atoms with van der Waals surface area (Å²) in [5.41, 5.74) is 0.254. The highest BCUT2D eigenvalue weighted by Crippen LogP contribution is 2.36. The van der Waals surface area contributed by atoms with Crippen molar-refractivity contribution in [2.24, 2.45) is 11.8 Å².